The number of carbonyl (C=O) groups excluding carboxylic acids is 1. The molecule has 30 heavy (non-hydrogen) atoms. The van der Waals surface area contributed by atoms with Gasteiger partial charge in [-0.2, -0.15) is 0 Å². The van der Waals surface area contributed by atoms with Gasteiger partial charge in [-0.25, -0.2) is 14.3 Å². The van der Waals surface area contributed by atoms with E-state index in [0.717, 1.165) is 11.3 Å². The lowest BCUT2D eigenvalue weighted by molar-refractivity contribution is 0.0528. The predicted octanol–water partition coefficient (Wildman–Crippen LogP) is 2.99. The molecule has 0 fully saturated rings. The fourth-order valence-corrected chi connectivity index (χ4v) is 3.33. The first-order valence-electron chi connectivity index (χ1n) is 9.70. The number of nitrogens with zero attached hydrogens (tertiary/aromatic N) is 3. The van der Waals surface area contributed by atoms with Crippen molar-refractivity contribution < 1.29 is 13.9 Å². The fourth-order valence-electron chi connectivity index (χ4n) is 3.33. The van der Waals surface area contributed by atoms with Gasteiger partial charge in [0.2, 0.25) is 0 Å². The topological polar surface area (TPSA) is 92.8 Å². The third kappa shape index (κ3) is 4.33. The normalized spacial score (nSPS) is 11.3. The summed E-state index contributed by atoms with van der Waals surface area (Å²) in [6.45, 7) is 3.60. The van der Waals surface area contributed by atoms with E-state index in [-0.39, 0.29) is 23.4 Å². The van der Waals surface area contributed by atoms with Crippen LogP contribution in [0.4, 0.5) is 0 Å². The molecule has 1 aromatic carbocycles. The molecule has 0 unspecified atom stereocenters. The number of nitrogens with one attached hydrogen (secondary N) is 1. The van der Waals surface area contributed by atoms with E-state index in [0.29, 0.717) is 25.3 Å². The molecule has 0 aliphatic carbocycles. The van der Waals surface area contributed by atoms with Crippen LogP contribution in [0.5, 0.6) is 0 Å². The van der Waals surface area contributed by atoms with Crippen molar-refractivity contribution in [2.45, 2.75) is 26.6 Å². The lowest BCUT2D eigenvalue weighted by Gasteiger charge is -2.21. The highest BCUT2D eigenvalue weighted by molar-refractivity contribution is 5.95. The minimum absolute atomic E-state index is 0.233. The molecule has 0 saturated carbocycles. The quantitative estimate of drug-likeness (QED) is 0.452. The van der Waals surface area contributed by atoms with Gasteiger partial charge in [-0.3, -0.25) is 14.8 Å². The number of H-pyrrole nitrogens is 1. The van der Waals surface area contributed by atoms with Gasteiger partial charge in [0, 0.05) is 25.4 Å². The van der Waals surface area contributed by atoms with Gasteiger partial charge in [0.25, 0.3) is 5.56 Å². The van der Waals surface area contributed by atoms with Crippen molar-refractivity contribution in [3.8, 4) is 0 Å². The molecule has 8 nitrogen and oxygen atoms in total. The molecule has 8 heteroatoms. The minimum Gasteiger partial charge on any atom is -0.468 e. The van der Waals surface area contributed by atoms with Gasteiger partial charge >= 0.3 is 5.97 Å². The van der Waals surface area contributed by atoms with Crippen molar-refractivity contribution in [1.29, 1.82) is 0 Å². The summed E-state index contributed by atoms with van der Waals surface area (Å²) in [5.74, 6) is 0.301. The predicted molar refractivity (Wildman–Crippen MR) is 110 cm³/mol. The van der Waals surface area contributed by atoms with E-state index in [9.17, 15) is 9.59 Å². The molecule has 0 radical (unpaired) electrons. The zero-order valence-electron chi connectivity index (χ0n) is 16.6. The molecule has 0 aliphatic rings. The largest absolute Gasteiger partial charge is 0.468 e. The highest BCUT2D eigenvalue weighted by Crippen LogP contribution is 2.15. The second-order valence-corrected chi connectivity index (χ2v) is 6.86. The third-order valence-electron chi connectivity index (χ3n) is 4.64. The Morgan fingerprint density at radius 1 is 1.17 bits per heavy atom. The molecule has 3 aromatic heterocycles. The van der Waals surface area contributed by atoms with Crippen LogP contribution in [-0.2, 0) is 24.4 Å². The van der Waals surface area contributed by atoms with E-state index >= 15 is 0 Å². The average molecular weight is 406 g/mol. The lowest BCUT2D eigenvalue weighted by atomic mass is 10.2. The van der Waals surface area contributed by atoms with E-state index < -0.39 is 5.97 Å². The van der Waals surface area contributed by atoms with Crippen molar-refractivity contribution >= 4 is 11.6 Å². The summed E-state index contributed by atoms with van der Waals surface area (Å²) in [4.78, 5) is 31.4. The second-order valence-electron chi connectivity index (χ2n) is 6.86. The number of rotatable bonds is 8. The number of aromatic nitrogens is 3. The van der Waals surface area contributed by atoms with Crippen molar-refractivity contribution in [3.63, 3.8) is 0 Å². The van der Waals surface area contributed by atoms with Gasteiger partial charge in [-0.1, -0.05) is 30.3 Å². The lowest BCUT2D eigenvalue weighted by Crippen LogP contribution is -2.25. The van der Waals surface area contributed by atoms with Gasteiger partial charge < -0.3 is 9.15 Å². The molecule has 0 saturated heterocycles. The summed E-state index contributed by atoms with van der Waals surface area (Å²) in [5, 5.41) is 2.76. The van der Waals surface area contributed by atoms with Crippen LogP contribution in [0, 0.1) is 0 Å². The third-order valence-corrected chi connectivity index (χ3v) is 4.64. The molecule has 4 rings (SSSR count). The molecule has 0 amide bonds. The van der Waals surface area contributed by atoms with Crippen LogP contribution in [0.2, 0.25) is 0 Å². The maximum atomic E-state index is 12.6. The minimum atomic E-state index is -0.517. The van der Waals surface area contributed by atoms with Crippen molar-refractivity contribution in [1.82, 2.24) is 19.5 Å². The number of carbonyl (C=O) groups is 1. The smallest absolute Gasteiger partial charge is 0.343 e. The standard InChI is InChI=1S/C22H22N4O4/c1-2-29-22(28)19-12-23-26-20(27)11-17(24-21(19)26)14-25(15-18-9-6-10-30-18)13-16-7-4-3-5-8-16/h3-12,23H,2,13-15H2,1H3. The summed E-state index contributed by atoms with van der Waals surface area (Å²) < 4.78 is 11.8. The van der Waals surface area contributed by atoms with E-state index in [4.69, 9.17) is 9.15 Å². The number of hydrogen-bond acceptors (Lipinski definition) is 6. The van der Waals surface area contributed by atoms with Crippen molar-refractivity contribution in [2.75, 3.05) is 6.61 Å². The van der Waals surface area contributed by atoms with Crippen LogP contribution in [0.3, 0.4) is 0 Å². The molecule has 0 spiro atoms. The molecule has 0 aliphatic heterocycles. The highest BCUT2D eigenvalue weighted by Gasteiger charge is 2.18. The number of esters is 1. The van der Waals surface area contributed by atoms with Gasteiger partial charge in [0.05, 0.1) is 25.1 Å². The molecule has 0 atom stereocenters. The first-order valence-corrected chi connectivity index (χ1v) is 9.70. The van der Waals surface area contributed by atoms with Crippen LogP contribution in [0.1, 0.15) is 34.3 Å². The van der Waals surface area contributed by atoms with Gasteiger partial charge in [0.15, 0.2) is 5.65 Å². The van der Waals surface area contributed by atoms with Gasteiger partial charge in [-0.15, -0.1) is 0 Å². The SMILES string of the molecule is CCOC(=O)c1c[nH]n2c(=O)cc(CN(Cc3ccccc3)Cc3ccco3)nc12. The molecule has 154 valence electrons. The van der Waals surface area contributed by atoms with Crippen LogP contribution < -0.4 is 5.56 Å². The van der Waals surface area contributed by atoms with Crippen molar-refractivity contribution in [3.05, 3.63) is 93.9 Å². The summed E-state index contributed by atoms with van der Waals surface area (Å²) in [5.41, 5.74) is 1.90. The molecule has 0 bridgehead atoms. The molecule has 3 heterocycles. The molecule has 4 aromatic rings. The van der Waals surface area contributed by atoms with Crippen LogP contribution in [-0.4, -0.2) is 32.1 Å². The van der Waals surface area contributed by atoms with Crippen LogP contribution in [0.15, 0.2) is 70.2 Å². The summed E-state index contributed by atoms with van der Waals surface area (Å²) in [7, 11) is 0. The zero-order chi connectivity index (χ0) is 20.9. The number of fused-ring (bicyclic) bond motifs is 1. The number of hydrogen-bond donors (Lipinski definition) is 1. The summed E-state index contributed by atoms with van der Waals surface area (Å²) in [6.07, 6.45) is 3.08. The number of aromatic amines is 1. The van der Waals surface area contributed by atoms with E-state index in [1.165, 1.54) is 16.8 Å². The van der Waals surface area contributed by atoms with E-state index in [1.807, 2.05) is 42.5 Å². The first-order chi connectivity index (χ1) is 14.6. The number of benzene rings is 1. The number of furan rings is 1. The van der Waals surface area contributed by atoms with Gasteiger partial charge in [-0.05, 0) is 24.6 Å². The van der Waals surface area contributed by atoms with E-state index in [2.05, 4.69) is 15.0 Å². The molecule has 1 N–H and O–H groups in total. The Balaban J connectivity index is 1.65. The van der Waals surface area contributed by atoms with Crippen LogP contribution in [0.25, 0.3) is 5.65 Å². The Morgan fingerprint density at radius 2 is 2.00 bits per heavy atom. The Labute approximate surface area is 172 Å². The van der Waals surface area contributed by atoms with Crippen molar-refractivity contribution in [2.24, 2.45) is 0 Å². The summed E-state index contributed by atoms with van der Waals surface area (Å²) in [6, 6.07) is 15.3. The Morgan fingerprint density at radius 3 is 2.73 bits per heavy atom. The number of ether oxygens (including phenoxy) is 1. The molecular weight excluding hydrogens is 384 g/mol. The van der Waals surface area contributed by atoms with Crippen LogP contribution >= 0.6 is 0 Å². The Hall–Kier alpha value is -3.65. The average Bonchev–Trinajstić information content (AvgIpc) is 3.39. The molecular formula is C22H22N4O4. The maximum Gasteiger partial charge on any atom is 0.343 e. The Bertz CT molecular complexity index is 1180. The second kappa shape index (κ2) is 8.79. The Kier molecular flexibility index (Phi) is 5.76. The maximum absolute atomic E-state index is 12.6. The zero-order valence-corrected chi connectivity index (χ0v) is 16.6. The van der Waals surface area contributed by atoms with E-state index in [1.54, 1.807) is 13.2 Å². The van der Waals surface area contributed by atoms with Gasteiger partial charge in [0.1, 0.15) is 11.3 Å². The highest BCUT2D eigenvalue weighted by atomic mass is 16.5. The fraction of sp³-hybridized carbons (Fsp3) is 0.227. The first kappa shape index (κ1) is 19.7. The monoisotopic (exact) mass is 406 g/mol. The summed E-state index contributed by atoms with van der Waals surface area (Å²) >= 11 is 0.